The Labute approximate surface area is 59.4 Å². The molecular formula is C7H11FO2. The number of carboxylic acid groups (broad SMARTS) is 1. The minimum atomic E-state index is -0.829. The van der Waals surface area contributed by atoms with Gasteiger partial charge in [-0.15, -0.1) is 0 Å². The number of allylic oxidation sites excluding steroid dienone is 1. The van der Waals surface area contributed by atoms with Gasteiger partial charge in [0.25, 0.3) is 0 Å². The van der Waals surface area contributed by atoms with Crippen molar-refractivity contribution in [2.75, 3.05) is 0 Å². The second-order valence-corrected chi connectivity index (χ2v) is 2.12. The normalized spacial score (nSPS) is 9.30. The zero-order chi connectivity index (χ0) is 7.98. The van der Waals surface area contributed by atoms with Crippen molar-refractivity contribution < 1.29 is 14.3 Å². The van der Waals surface area contributed by atoms with Crippen LogP contribution in [0.4, 0.5) is 4.39 Å². The molecule has 2 nitrogen and oxygen atoms in total. The number of hydrogen-bond acceptors (Lipinski definition) is 1. The van der Waals surface area contributed by atoms with Gasteiger partial charge in [0.1, 0.15) is 0 Å². The maximum absolute atomic E-state index is 11.9. The largest absolute Gasteiger partial charge is 0.481 e. The first-order chi connectivity index (χ1) is 4.63. The van der Waals surface area contributed by atoms with E-state index in [1.165, 1.54) is 0 Å². The molecule has 10 heavy (non-hydrogen) atoms. The van der Waals surface area contributed by atoms with Crippen molar-refractivity contribution in [2.24, 2.45) is 0 Å². The van der Waals surface area contributed by atoms with Gasteiger partial charge in [-0.2, -0.15) is 0 Å². The van der Waals surface area contributed by atoms with Crippen LogP contribution in [0.3, 0.4) is 0 Å². The van der Waals surface area contributed by atoms with E-state index in [4.69, 9.17) is 5.11 Å². The van der Waals surface area contributed by atoms with Gasteiger partial charge in [0.15, 0.2) is 0 Å². The van der Waals surface area contributed by atoms with E-state index in [9.17, 15) is 9.18 Å². The van der Waals surface area contributed by atoms with Gasteiger partial charge in [-0.05, 0) is 19.3 Å². The summed E-state index contributed by atoms with van der Waals surface area (Å²) in [6, 6.07) is 0. The fourth-order valence-corrected chi connectivity index (χ4v) is 0.593. The highest BCUT2D eigenvalue weighted by molar-refractivity contribution is 5.66. The zero-order valence-electron chi connectivity index (χ0n) is 5.77. The van der Waals surface area contributed by atoms with Crippen LogP contribution in [0.15, 0.2) is 12.4 Å². The van der Waals surface area contributed by atoms with Crippen LogP contribution in [-0.4, -0.2) is 11.1 Å². The van der Waals surface area contributed by atoms with Gasteiger partial charge in [0.05, 0.1) is 5.83 Å². The molecule has 0 aromatic heterocycles. The van der Waals surface area contributed by atoms with Crippen LogP contribution in [0.2, 0.25) is 0 Å². The van der Waals surface area contributed by atoms with Gasteiger partial charge in [0, 0.05) is 6.42 Å². The SMILES string of the molecule is C=C(F)CCCCC(=O)O. The number of halogens is 1. The molecule has 0 saturated heterocycles. The summed E-state index contributed by atoms with van der Waals surface area (Å²) >= 11 is 0. The summed E-state index contributed by atoms with van der Waals surface area (Å²) in [4.78, 5) is 9.93. The molecule has 3 heteroatoms. The van der Waals surface area contributed by atoms with Crippen LogP contribution < -0.4 is 0 Å². The molecule has 0 aliphatic heterocycles. The van der Waals surface area contributed by atoms with Gasteiger partial charge < -0.3 is 5.11 Å². The molecule has 0 aromatic rings. The zero-order valence-corrected chi connectivity index (χ0v) is 5.77. The Balaban J connectivity index is 3.06. The summed E-state index contributed by atoms with van der Waals surface area (Å²) in [6.07, 6.45) is 1.50. The minimum absolute atomic E-state index is 0.118. The van der Waals surface area contributed by atoms with Crippen molar-refractivity contribution in [1.82, 2.24) is 0 Å². The van der Waals surface area contributed by atoms with E-state index in [1.54, 1.807) is 0 Å². The highest BCUT2D eigenvalue weighted by atomic mass is 19.1. The van der Waals surface area contributed by atoms with Gasteiger partial charge in [0.2, 0.25) is 0 Å². The summed E-state index contributed by atoms with van der Waals surface area (Å²) in [6.45, 7) is 3.06. The topological polar surface area (TPSA) is 37.3 Å². The molecule has 0 rings (SSSR count). The monoisotopic (exact) mass is 146 g/mol. The highest BCUT2D eigenvalue weighted by Crippen LogP contribution is 2.07. The maximum Gasteiger partial charge on any atom is 0.303 e. The van der Waals surface area contributed by atoms with Crippen molar-refractivity contribution in [1.29, 1.82) is 0 Å². The third-order valence-electron chi connectivity index (χ3n) is 1.09. The van der Waals surface area contributed by atoms with Crippen LogP contribution in [0, 0.1) is 0 Å². The van der Waals surface area contributed by atoms with E-state index >= 15 is 0 Å². The van der Waals surface area contributed by atoms with E-state index in [-0.39, 0.29) is 18.7 Å². The first kappa shape index (κ1) is 9.14. The summed E-state index contributed by atoms with van der Waals surface area (Å²) in [7, 11) is 0. The molecule has 58 valence electrons. The molecule has 0 aliphatic rings. The number of rotatable bonds is 5. The predicted molar refractivity (Wildman–Crippen MR) is 36.4 cm³/mol. The Hall–Kier alpha value is -0.860. The number of unbranched alkanes of at least 4 members (excludes halogenated alkanes) is 1. The van der Waals surface area contributed by atoms with Crippen LogP contribution in [-0.2, 0) is 4.79 Å². The van der Waals surface area contributed by atoms with Crippen LogP contribution in [0.1, 0.15) is 25.7 Å². The summed E-state index contributed by atoms with van der Waals surface area (Å²) in [5.74, 6) is -1.20. The van der Waals surface area contributed by atoms with E-state index in [2.05, 4.69) is 6.58 Å². The molecule has 0 radical (unpaired) electrons. The molecule has 0 fully saturated rings. The third kappa shape index (κ3) is 7.14. The quantitative estimate of drug-likeness (QED) is 0.603. The molecule has 0 bridgehead atoms. The number of carbonyl (C=O) groups is 1. The molecule has 0 heterocycles. The molecule has 0 aliphatic carbocycles. The minimum Gasteiger partial charge on any atom is -0.481 e. The Morgan fingerprint density at radius 1 is 1.40 bits per heavy atom. The van der Waals surface area contributed by atoms with E-state index in [0.29, 0.717) is 12.8 Å². The second kappa shape index (κ2) is 4.97. The average Bonchev–Trinajstić information content (AvgIpc) is 1.79. The standard InChI is InChI=1S/C7H11FO2/c1-6(8)4-2-3-5-7(9)10/h1-5H2,(H,9,10). The Morgan fingerprint density at radius 2 is 1.90 bits per heavy atom. The number of aliphatic carboxylic acids is 1. The van der Waals surface area contributed by atoms with Crippen LogP contribution in [0.5, 0.6) is 0 Å². The lowest BCUT2D eigenvalue weighted by Crippen LogP contribution is -1.93. The summed E-state index contributed by atoms with van der Waals surface area (Å²) in [5, 5.41) is 8.16. The Kier molecular flexibility index (Phi) is 4.54. The lowest BCUT2D eigenvalue weighted by Gasteiger charge is -1.93. The summed E-state index contributed by atoms with van der Waals surface area (Å²) < 4.78 is 11.9. The predicted octanol–water partition coefficient (Wildman–Crippen LogP) is 2.11. The second-order valence-electron chi connectivity index (χ2n) is 2.12. The van der Waals surface area contributed by atoms with E-state index < -0.39 is 5.97 Å². The van der Waals surface area contributed by atoms with Crippen molar-refractivity contribution >= 4 is 5.97 Å². The third-order valence-corrected chi connectivity index (χ3v) is 1.09. The van der Waals surface area contributed by atoms with Crippen LogP contribution in [0.25, 0.3) is 0 Å². The first-order valence-electron chi connectivity index (χ1n) is 3.18. The Morgan fingerprint density at radius 3 is 2.30 bits per heavy atom. The van der Waals surface area contributed by atoms with Crippen LogP contribution >= 0.6 is 0 Å². The molecule has 0 amide bonds. The molecule has 0 saturated carbocycles. The van der Waals surface area contributed by atoms with Gasteiger partial charge >= 0.3 is 5.97 Å². The molecule has 0 aromatic carbocycles. The fraction of sp³-hybridized carbons (Fsp3) is 0.571. The van der Waals surface area contributed by atoms with Crippen molar-refractivity contribution in [3.63, 3.8) is 0 Å². The fourth-order valence-electron chi connectivity index (χ4n) is 0.593. The smallest absolute Gasteiger partial charge is 0.303 e. The van der Waals surface area contributed by atoms with Gasteiger partial charge in [-0.3, -0.25) is 4.79 Å². The molecule has 0 spiro atoms. The maximum atomic E-state index is 11.9. The van der Waals surface area contributed by atoms with Crippen molar-refractivity contribution in [2.45, 2.75) is 25.7 Å². The average molecular weight is 146 g/mol. The Bertz CT molecular complexity index is 116. The van der Waals surface area contributed by atoms with E-state index in [0.717, 1.165) is 0 Å². The number of hydrogen-bond donors (Lipinski definition) is 1. The van der Waals surface area contributed by atoms with Crippen molar-refractivity contribution in [3.8, 4) is 0 Å². The number of carboxylic acids is 1. The molecule has 1 N–H and O–H groups in total. The van der Waals surface area contributed by atoms with Gasteiger partial charge in [-0.1, -0.05) is 6.58 Å². The molecule has 0 atom stereocenters. The van der Waals surface area contributed by atoms with Gasteiger partial charge in [-0.25, -0.2) is 4.39 Å². The molecular weight excluding hydrogens is 135 g/mol. The lowest BCUT2D eigenvalue weighted by molar-refractivity contribution is -0.137. The van der Waals surface area contributed by atoms with E-state index in [1.807, 2.05) is 0 Å². The lowest BCUT2D eigenvalue weighted by atomic mass is 10.2. The highest BCUT2D eigenvalue weighted by Gasteiger charge is 1.96. The first-order valence-corrected chi connectivity index (χ1v) is 3.18. The molecule has 0 unspecified atom stereocenters. The van der Waals surface area contributed by atoms with Crippen molar-refractivity contribution in [3.05, 3.63) is 12.4 Å². The summed E-state index contributed by atoms with van der Waals surface area (Å²) in [5.41, 5.74) is 0.